The van der Waals surface area contributed by atoms with Crippen LogP contribution in [-0.2, 0) is 16.1 Å². The quantitative estimate of drug-likeness (QED) is 0.862. The van der Waals surface area contributed by atoms with E-state index in [9.17, 15) is 9.59 Å². The standard InChI is InChI=1S/C20H26N2O4/c1-25-13-19(23)22(16-6-4-3-5-7-16)12-15-10-14-11-17(26-2)8-9-18(14)21-20(15)24/h8-11,16H,3-7,12-13H2,1-2H3,(H,21,24). The monoisotopic (exact) mass is 358 g/mol. The number of hydrogen-bond acceptors (Lipinski definition) is 4. The minimum absolute atomic E-state index is 0.0375. The number of benzene rings is 1. The summed E-state index contributed by atoms with van der Waals surface area (Å²) in [7, 11) is 3.13. The fraction of sp³-hybridized carbons (Fsp3) is 0.500. The fourth-order valence-electron chi connectivity index (χ4n) is 3.68. The van der Waals surface area contributed by atoms with Crippen molar-refractivity contribution in [3.05, 3.63) is 40.2 Å². The molecule has 2 aromatic rings. The minimum Gasteiger partial charge on any atom is -0.497 e. The van der Waals surface area contributed by atoms with Gasteiger partial charge in [-0.25, -0.2) is 0 Å². The lowest BCUT2D eigenvalue weighted by Gasteiger charge is -2.34. The first-order chi connectivity index (χ1) is 12.6. The van der Waals surface area contributed by atoms with Crippen LogP contribution in [0.25, 0.3) is 10.9 Å². The van der Waals surface area contributed by atoms with Crippen LogP contribution in [0.15, 0.2) is 29.1 Å². The number of nitrogens with one attached hydrogen (secondary N) is 1. The van der Waals surface area contributed by atoms with Crippen molar-refractivity contribution in [3.63, 3.8) is 0 Å². The molecule has 140 valence electrons. The van der Waals surface area contributed by atoms with Crippen molar-refractivity contribution in [3.8, 4) is 5.75 Å². The number of methoxy groups -OCH3 is 2. The molecule has 0 radical (unpaired) electrons. The number of carbonyl (C=O) groups excluding carboxylic acids is 1. The summed E-state index contributed by atoms with van der Waals surface area (Å²) >= 11 is 0. The zero-order valence-electron chi connectivity index (χ0n) is 15.4. The Morgan fingerprint density at radius 2 is 1.96 bits per heavy atom. The van der Waals surface area contributed by atoms with E-state index in [4.69, 9.17) is 9.47 Å². The molecule has 1 amide bonds. The van der Waals surface area contributed by atoms with Gasteiger partial charge >= 0.3 is 0 Å². The predicted octanol–water partition coefficient (Wildman–Crippen LogP) is 2.84. The van der Waals surface area contributed by atoms with Crippen LogP contribution in [0.1, 0.15) is 37.7 Å². The van der Waals surface area contributed by atoms with E-state index < -0.39 is 0 Å². The lowest BCUT2D eigenvalue weighted by Crippen LogP contribution is -2.43. The number of carbonyl (C=O) groups is 1. The van der Waals surface area contributed by atoms with Crippen LogP contribution in [0.2, 0.25) is 0 Å². The van der Waals surface area contributed by atoms with Gasteiger partial charge in [0.15, 0.2) is 0 Å². The number of rotatable bonds is 6. The Bertz CT molecular complexity index is 824. The van der Waals surface area contributed by atoms with Gasteiger partial charge < -0.3 is 19.4 Å². The Morgan fingerprint density at radius 1 is 1.19 bits per heavy atom. The van der Waals surface area contributed by atoms with Gasteiger partial charge in [0.2, 0.25) is 5.91 Å². The van der Waals surface area contributed by atoms with E-state index in [2.05, 4.69) is 4.98 Å². The Labute approximate surface area is 153 Å². The average Bonchev–Trinajstić information content (AvgIpc) is 2.66. The first-order valence-electron chi connectivity index (χ1n) is 9.10. The molecule has 1 aliphatic carbocycles. The highest BCUT2D eigenvalue weighted by Gasteiger charge is 2.26. The maximum absolute atomic E-state index is 12.6. The highest BCUT2D eigenvalue weighted by molar-refractivity contribution is 5.81. The minimum atomic E-state index is -0.159. The number of amides is 1. The molecule has 0 unspecified atom stereocenters. The molecular formula is C20H26N2O4. The number of pyridine rings is 1. The van der Waals surface area contributed by atoms with Gasteiger partial charge in [-0.05, 0) is 37.1 Å². The van der Waals surface area contributed by atoms with Crippen molar-refractivity contribution < 1.29 is 14.3 Å². The van der Waals surface area contributed by atoms with Gasteiger partial charge in [-0.15, -0.1) is 0 Å². The number of nitrogens with zero attached hydrogens (tertiary/aromatic N) is 1. The van der Waals surface area contributed by atoms with E-state index in [1.54, 1.807) is 7.11 Å². The van der Waals surface area contributed by atoms with E-state index in [0.29, 0.717) is 12.1 Å². The molecule has 1 aromatic heterocycles. The van der Waals surface area contributed by atoms with Crippen molar-refractivity contribution in [2.75, 3.05) is 20.8 Å². The molecule has 1 fully saturated rings. The second-order valence-corrected chi connectivity index (χ2v) is 6.82. The Balaban J connectivity index is 1.92. The lowest BCUT2D eigenvalue weighted by atomic mass is 9.93. The number of fused-ring (bicyclic) bond motifs is 1. The summed E-state index contributed by atoms with van der Waals surface area (Å²) in [4.78, 5) is 29.8. The highest BCUT2D eigenvalue weighted by atomic mass is 16.5. The van der Waals surface area contributed by atoms with Crippen molar-refractivity contribution in [2.24, 2.45) is 0 Å². The molecule has 3 rings (SSSR count). The van der Waals surface area contributed by atoms with Crippen molar-refractivity contribution in [2.45, 2.75) is 44.7 Å². The van der Waals surface area contributed by atoms with Crippen LogP contribution in [0.5, 0.6) is 5.75 Å². The van der Waals surface area contributed by atoms with Crippen LogP contribution >= 0.6 is 0 Å². The van der Waals surface area contributed by atoms with E-state index in [1.807, 2.05) is 29.2 Å². The van der Waals surface area contributed by atoms with Gasteiger partial charge in [0.05, 0.1) is 13.7 Å². The maximum Gasteiger partial charge on any atom is 0.253 e. The molecule has 1 heterocycles. The maximum atomic E-state index is 12.6. The van der Waals surface area contributed by atoms with E-state index in [1.165, 1.54) is 13.5 Å². The second kappa shape index (κ2) is 8.36. The van der Waals surface area contributed by atoms with Crippen LogP contribution in [0.4, 0.5) is 0 Å². The Kier molecular flexibility index (Phi) is 5.93. The molecule has 26 heavy (non-hydrogen) atoms. The number of H-pyrrole nitrogens is 1. The van der Waals surface area contributed by atoms with Gasteiger partial charge in [0, 0.05) is 29.6 Å². The third-order valence-electron chi connectivity index (χ3n) is 5.07. The average molecular weight is 358 g/mol. The van der Waals surface area contributed by atoms with Gasteiger partial charge in [-0.2, -0.15) is 0 Å². The summed E-state index contributed by atoms with van der Waals surface area (Å²) in [5.41, 5.74) is 1.18. The third kappa shape index (κ3) is 4.07. The molecule has 1 aromatic carbocycles. The van der Waals surface area contributed by atoms with Crippen LogP contribution in [-0.4, -0.2) is 42.7 Å². The molecule has 0 spiro atoms. The predicted molar refractivity (Wildman–Crippen MR) is 100 cm³/mol. The molecule has 0 saturated heterocycles. The van der Waals surface area contributed by atoms with Crippen LogP contribution in [0.3, 0.4) is 0 Å². The molecule has 0 atom stereocenters. The van der Waals surface area contributed by atoms with E-state index >= 15 is 0 Å². The SMILES string of the molecule is COCC(=O)N(Cc1cc2cc(OC)ccc2[nH]c1=O)C1CCCCC1. The molecule has 6 heteroatoms. The normalized spacial score (nSPS) is 15.2. The van der Waals surface area contributed by atoms with Gasteiger partial charge in [-0.3, -0.25) is 9.59 Å². The summed E-state index contributed by atoms with van der Waals surface area (Å²) in [6.45, 7) is 0.338. The molecule has 1 aliphatic rings. The van der Waals surface area contributed by atoms with E-state index in [0.717, 1.165) is 42.3 Å². The topological polar surface area (TPSA) is 71.6 Å². The van der Waals surface area contributed by atoms with E-state index in [-0.39, 0.29) is 24.1 Å². The first-order valence-corrected chi connectivity index (χ1v) is 9.10. The summed E-state index contributed by atoms with van der Waals surface area (Å²) in [6, 6.07) is 7.55. The van der Waals surface area contributed by atoms with Crippen LogP contribution in [0, 0.1) is 0 Å². The smallest absolute Gasteiger partial charge is 0.253 e. The second-order valence-electron chi connectivity index (χ2n) is 6.82. The number of aromatic amines is 1. The molecular weight excluding hydrogens is 332 g/mol. The lowest BCUT2D eigenvalue weighted by molar-refractivity contribution is -0.139. The highest BCUT2D eigenvalue weighted by Crippen LogP contribution is 2.25. The molecule has 6 nitrogen and oxygen atoms in total. The largest absolute Gasteiger partial charge is 0.497 e. The number of hydrogen-bond donors (Lipinski definition) is 1. The summed E-state index contributed by atoms with van der Waals surface area (Å²) in [5.74, 6) is 0.666. The Morgan fingerprint density at radius 3 is 2.65 bits per heavy atom. The van der Waals surface area contributed by atoms with Gasteiger partial charge in [-0.1, -0.05) is 19.3 Å². The van der Waals surface area contributed by atoms with Crippen molar-refractivity contribution in [1.82, 2.24) is 9.88 Å². The van der Waals surface area contributed by atoms with Crippen LogP contribution < -0.4 is 10.3 Å². The van der Waals surface area contributed by atoms with Gasteiger partial charge in [0.1, 0.15) is 12.4 Å². The molecule has 0 aliphatic heterocycles. The summed E-state index contributed by atoms with van der Waals surface area (Å²) in [5, 5.41) is 0.890. The van der Waals surface area contributed by atoms with Crippen molar-refractivity contribution >= 4 is 16.8 Å². The third-order valence-corrected chi connectivity index (χ3v) is 5.07. The zero-order valence-corrected chi connectivity index (χ0v) is 15.4. The zero-order chi connectivity index (χ0) is 18.5. The number of aromatic nitrogens is 1. The molecule has 0 bridgehead atoms. The summed E-state index contributed by atoms with van der Waals surface area (Å²) < 4.78 is 10.3. The van der Waals surface area contributed by atoms with Crippen molar-refractivity contribution in [1.29, 1.82) is 0 Å². The number of ether oxygens (including phenoxy) is 2. The van der Waals surface area contributed by atoms with Gasteiger partial charge in [0.25, 0.3) is 5.56 Å². The fourth-order valence-corrected chi connectivity index (χ4v) is 3.68. The first kappa shape index (κ1) is 18.5. The Hall–Kier alpha value is -2.34. The summed E-state index contributed by atoms with van der Waals surface area (Å²) in [6.07, 6.45) is 5.40. The molecule has 1 saturated carbocycles. The molecule has 1 N–H and O–H groups in total.